The predicted octanol–water partition coefficient (Wildman–Crippen LogP) is 2.53. The first-order chi connectivity index (χ1) is 11.3. The van der Waals surface area contributed by atoms with Crippen LogP contribution in [0, 0.1) is 13.8 Å². The molecule has 0 aliphatic heterocycles. The number of rotatable bonds is 5. The number of anilines is 1. The summed E-state index contributed by atoms with van der Waals surface area (Å²) in [7, 11) is -2.21. The Hall–Kier alpha value is -2.38. The molecule has 6 nitrogen and oxygen atoms in total. The van der Waals surface area contributed by atoms with Gasteiger partial charge in [-0.15, -0.1) is 0 Å². The Balaban J connectivity index is 2.05. The summed E-state index contributed by atoms with van der Waals surface area (Å²) in [4.78, 5) is 12.1. The monoisotopic (exact) mass is 347 g/mol. The van der Waals surface area contributed by atoms with Crippen molar-refractivity contribution in [2.75, 3.05) is 12.4 Å². The van der Waals surface area contributed by atoms with Crippen molar-refractivity contribution in [3.63, 3.8) is 0 Å². The van der Waals surface area contributed by atoms with Gasteiger partial charge in [0.2, 0.25) is 10.0 Å². The summed E-state index contributed by atoms with van der Waals surface area (Å²) in [6.45, 7) is 4.18. The van der Waals surface area contributed by atoms with Crippen molar-refractivity contribution in [3.8, 4) is 0 Å². The lowest BCUT2D eigenvalue weighted by molar-refractivity contribution is 0.251. The Morgan fingerprint density at radius 2 is 1.71 bits per heavy atom. The Kier molecular flexibility index (Phi) is 5.58. The van der Waals surface area contributed by atoms with Crippen LogP contribution in [0.1, 0.15) is 16.7 Å². The molecule has 0 unspecified atom stereocenters. The second-order valence-electron chi connectivity index (χ2n) is 5.48. The molecule has 3 N–H and O–H groups in total. The first kappa shape index (κ1) is 18.0. The second-order valence-corrected chi connectivity index (χ2v) is 7.36. The van der Waals surface area contributed by atoms with E-state index in [4.69, 9.17) is 0 Å². The summed E-state index contributed by atoms with van der Waals surface area (Å²) in [5.74, 6) is 0. The molecule has 0 saturated carbocycles. The van der Waals surface area contributed by atoms with Gasteiger partial charge in [0, 0.05) is 12.2 Å². The van der Waals surface area contributed by atoms with Gasteiger partial charge in [0.05, 0.1) is 4.90 Å². The van der Waals surface area contributed by atoms with E-state index in [1.54, 1.807) is 13.0 Å². The van der Waals surface area contributed by atoms with E-state index in [2.05, 4.69) is 15.4 Å². The quantitative estimate of drug-likeness (QED) is 0.777. The molecule has 2 amide bonds. The maximum absolute atomic E-state index is 12.0. The first-order valence-corrected chi connectivity index (χ1v) is 8.95. The van der Waals surface area contributed by atoms with Crippen molar-refractivity contribution in [2.45, 2.75) is 25.3 Å². The maximum atomic E-state index is 12.0. The fourth-order valence-corrected chi connectivity index (χ4v) is 2.83. The molecule has 2 aromatic carbocycles. The van der Waals surface area contributed by atoms with Crippen LogP contribution >= 0.6 is 0 Å². The highest BCUT2D eigenvalue weighted by atomic mass is 32.2. The van der Waals surface area contributed by atoms with E-state index in [1.165, 1.54) is 19.2 Å². The standard InChI is InChI=1S/C17H21N3O3S/c1-12-4-7-14(8-5-12)11-19-17(21)20-16-10-15(9-6-13(16)2)24(22,23)18-3/h4-10,18H,11H2,1-3H3,(H2,19,20,21). The lowest BCUT2D eigenvalue weighted by Gasteiger charge is -2.12. The van der Waals surface area contributed by atoms with Crippen molar-refractivity contribution < 1.29 is 13.2 Å². The number of aryl methyl sites for hydroxylation is 2. The number of hydrogen-bond donors (Lipinski definition) is 3. The summed E-state index contributed by atoms with van der Waals surface area (Å²) in [6, 6.07) is 12.0. The third-order valence-corrected chi connectivity index (χ3v) is 5.02. The van der Waals surface area contributed by atoms with Crippen LogP contribution in [0.4, 0.5) is 10.5 Å². The van der Waals surface area contributed by atoms with Crippen LogP contribution in [0.25, 0.3) is 0 Å². The van der Waals surface area contributed by atoms with Crippen molar-refractivity contribution in [1.29, 1.82) is 0 Å². The zero-order chi connectivity index (χ0) is 17.7. The van der Waals surface area contributed by atoms with Crippen molar-refractivity contribution in [1.82, 2.24) is 10.0 Å². The van der Waals surface area contributed by atoms with Gasteiger partial charge in [0.25, 0.3) is 0 Å². The highest BCUT2D eigenvalue weighted by Gasteiger charge is 2.14. The molecule has 128 valence electrons. The number of hydrogen-bond acceptors (Lipinski definition) is 3. The minimum Gasteiger partial charge on any atom is -0.334 e. The fourth-order valence-electron chi connectivity index (χ4n) is 2.08. The largest absolute Gasteiger partial charge is 0.334 e. The SMILES string of the molecule is CNS(=O)(=O)c1ccc(C)c(NC(=O)NCc2ccc(C)cc2)c1. The van der Waals surface area contributed by atoms with Crippen molar-refractivity contribution in [3.05, 3.63) is 59.2 Å². The lowest BCUT2D eigenvalue weighted by Crippen LogP contribution is -2.28. The van der Waals surface area contributed by atoms with Gasteiger partial charge in [-0.2, -0.15) is 0 Å². The van der Waals surface area contributed by atoms with Crippen LogP contribution in [-0.2, 0) is 16.6 Å². The molecule has 0 heterocycles. The zero-order valence-corrected chi connectivity index (χ0v) is 14.7. The molecule has 24 heavy (non-hydrogen) atoms. The molecule has 7 heteroatoms. The summed E-state index contributed by atoms with van der Waals surface area (Å²) >= 11 is 0. The minimum absolute atomic E-state index is 0.101. The van der Waals surface area contributed by atoms with E-state index in [-0.39, 0.29) is 4.90 Å². The van der Waals surface area contributed by atoms with E-state index in [1.807, 2.05) is 31.2 Å². The molecule has 0 saturated heterocycles. The molecule has 2 rings (SSSR count). The van der Waals surface area contributed by atoms with Gasteiger partial charge in [0.15, 0.2) is 0 Å². The molecule has 0 atom stereocenters. The summed E-state index contributed by atoms with van der Waals surface area (Å²) in [6.07, 6.45) is 0. The number of sulfonamides is 1. The van der Waals surface area contributed by atoms with Crippen LogP contribution in [0.2, 0.25) is 0 Å². The van der Waals surface area contributed by atoms with E-state index in [0.29, 0.717) is 12.2 Å². The average Bonchev–Trinajstić information content (AvgIpc) is 2.56. The molecule has 0 spiro atoms. The number of carbonyl (C=O) groups is 1. The van der Waals surface area contributed by atoms with Gasteiger partial charge in [-0.05, 0) is 44.2 Å². The molecular formula is C17H21N3O3S. The summed E-state index contributed by atoms with van der Waals surface area (Å²) in [5.41, 5.74) is 3.36. The lowest BCUT2D eigenvalue weighted by atomic mass is 10.1. The van der Waals surface area contributed by atoms with E-state index in [0.717, 1.165) is 16.7 Å². The molecule has 0 aliphatic rings. The normalized spacial score (nSPS) is 11.1. The number of carbonyl (C=O) groups excluding carboxylic acids is 1. The average molecular weight is 347 g/mol. The topological polar surface area (TPSA) is 87.3 Å². The van der Waals surface area contributed by atoms with Gasteiger partial charge in [-0.1, -0.05) is 35.9 Å². The van der Waals surface area contributed by atoms with Crippen LogP contribution < -0.4 is 15.4 Å². The van der Waals surface area contributed by atoms with E-state index < -0.39 is 16.1 Å². The number of urea groups is 1. The van der Waals surface area contributed by atoms with Crippen molar-refractivity contribution in [2.24, 2.45) is 0 Å². The Morgan fingerprint density at radius 3 is 2.33 bits per heavy atom. The molecular weight excluding hydrogens is 326 g/mol. The molecule has 0 aliphatic carbocycles. The molecule has 0 bridgehead atoms. The van der Waals surface area contributed by atoms with Crippen molar-refractivity contribution >= 4 is 21.7 Å². The third kappa shape index (κ3) is 4.56. The number of amides is 2. The first-order valence-electron chi connectivity index (χ1n) is 7.46. The van der Waals surface area contributed by atoms with E-state index >= 15 is 0 Å². The van der Waals surface area contributed by atoms with Crippen LogP contribution in [-0.4, -0.2) is 21.5 Å². The van der Waals surface area contributed by atoms with E-state index in [9.17, 15) is 13.2 Å². The molecule has 0 aromatic heterocycles. The Labute approximate surface area is 142 Å². The predicted molar refractivity (Wildman–Crippen MR) is 94.5 cm³/mol. The van der Waals surface area contributed by atoms with Gasteiger partial charge < -0.3 is 10.6 Å². The number of benzene rings is 2. The van der Waals surface area contributed by atoms with Crippen LogP contribution in [0.5, 0.6) is 0 Å². The zero-order valence-electron chi connectivity index (χ0n) is 13.9. The number of nitrogens with one attached hydrogen (secondary N) is 3. The second kappa shape index (κ2) is 7.46. The van der Waals surface area contributed by atoms with Gasteiger partial charge in [-0.25, -0.2) is 17.9 Å². The summed E-state index contributed by atoms with van der Waals surface area (Å²) in [5, 5.41) is 5.44. The highest BCUT2D eigenvalue weighted by Crippen LogP contribution is 2.20. The van der Waals surface area contributed by atoms with Gasteiger partial charge >= 0.3 is 6.03 Å². The molecule has 2 aromatic rings. The van der Waals surface area contributed by atoms with Crippen LogP contribution in [0.15, 0.2) is 47.4 Å². The van der Waals surface area contributed by atoms with Crippen LogP contribution in [0.3, 0.4) is 0 Å². The highest BCUT2D eigenvalue weighted by molar-refractivity contribution is 7.89. The molecule has 0 fully saturated rings. The smallest absolute Gasteiger partial charge is 0.319 e. The summed E-state index contributed by atoms with van der Waals surface area (Å²) < 4.78 is 26.0. The van der Waals surface area contributed by atoms with Gasteiger partial charge in [-0.3, -0.25) is 0 Å². The van der Waals surface area contributed by atoms with Gasteiger partial charge in [0.1, 0.15) is 0 Å². The Bertz CT molecular complexity index is 831. The minimum atomic E-state index is -3.55. The maximum Gasteiger partial charge on any atom is 0.319 e. The molecule has 0 radical (unpaired) electrons. The Morgan fingerprint density at radius 1 is 1.04 bits per heavy atom. The third-order valence-electron chi connectivity index (χ3n) is 3.61. The fraction of sp³-hybridized carbons (Fsp3) is 0.235.